The molecule has 174 valence electrons. The van der Waals surface area contributed by atoms with Gasteiger partial charge >= 0.3 is 0 Å². The van der Waals surface area contributed by atoms with Crippen molar-refractivity contribution in [2.45, 2.75) is 24.0 Å². The normalized spacial score (nSPS) is 15.3. The summed E-state index contributed by atoms with van der Waals surface area (Å²) in [5.41, 5.74) is 0.716. The molecule has 0 aliphatic carbocycles. The highest BCUT2D eigenvalue weighted by Crippen LogP contribution is 2.37. The van der Waals surface area contributed by atoms with Crippen molar-refractivity contribution in [2.24, 2.45) is 0 Å². The summed E-state index contributed by atoms with van der Waals surface area (Å²) < 4.78 is 59.5. The molecule has 1 aliphatic rings. The van der Waals surface area contributed by atoms with Crippen LogP contribution in [0.4, 0.5) is 10.2 Å². The Kier molecular flexibility index (Phi) is 6.34. The molecule has 0 radical (unpaired) electrons. The maximum Gasteiger partial charge on any atom is 0.268 e. The number of rotatable bonds is 7. The molecule has 1 N–H and O–H groups in total. The van der Waals surface area contributed by atoms with Gasteiger partial charge in [0.05, 0.1) is 33.5 Å². The average Bonchev–Trinajstić information content (AvgIpc) is 2.83. The van der Waals surface area contributed by atoms with Crippen LogP contribution in [0.25, 0.3) is 0 Å². The Morgan fingerprint density at radius 3 is 2.73 bits per heavy atom. The van der Waals surface area contributed by atoms with Gasteiger partial charge in [-0.1, -0.05) is 0 Å². The van der Waals surface area contributed by atoms with Crippen LogP contribution in [0.3, 0.4) is 0 Å². The zero-order chi connectivity index (χ0) is 23.6. The molecule has 1 aliphatic heterocycles. The Labute approximate surface area is 190 Å². The van der Waals surface area contributed by atoms with E-state index >= 15 is 4.39 Å². The summed E-state index contributed by atoms with van der Waals surface area (Å²) in [6.07, 6.45) is 1.95. The van der Waals surface area contributed by atoms with Crippen LogP contribution in [0, 0.1) is 5.82 Å². The van der Waals surface area contributed by atoms with Gasteiger partial charge in [-0.25, -0.2) is 27.1 Å². The summed E-state index contributed by atoms with van der Waals surface area (Å²) >= 11 is 0. The fourth-order valence-electron chi connectivity index (χ4n) is 3.55. The van der Waals surface area contributed by atoms with E-state index in [0.717, 1.165) is 16.4 Å². The zero-order valence-corrected chi connectivity index (χ0v) is 18.8. The molecule has 0 amide bonds. The number of aromatic nitrogens is 2. The number of hydrogen-bond acceptors (Lipinski definition) is 8. The van der Waals surface area contributed by atoms with Crippen molar-refractivity contribution in [2.75, 3.05) is 25.1 Å². The first-order valence-electron chi connectivity index (χ1n) is 9.99. The first-order chi connectivity index (χ1) is 15.8. The van der Waals surface area contributed by atoms with Crippen molar-refractivity contribution >= 4 is 15.8 Å². The maximum atomic E-state index is 15.1. The number of sulfonamides is 1. The summed E-state index contributed by atoms with van der Waals surface area (Å²) in [5, 5.41) is 10.1. The lowest BCUT2D eigenvalue weighted by molar-refractivity contribution is 0.114. The van der Waals surface area contributed by atoms with Gasteiger partial charge in [-0.15, -0.1) is 0 Å². The van der Waals surface area contributed by atoms with Crippen molar-refractivity contribution in [1.29, 1.82) is 0 Å². The van der Waals surface area contributed by atoms with E-state index in [-0.39, 0.29) is 30.3 Å². The fraction of sp³-hybridized carbons (Fsp3) is 0.273. The van der Waals surface area contributed by atoms with E-state index in [1.54, 1.807) is 18.2 Å². The number of fused-ring (bicyclic) bond motifs is 1. The molecular formula is C22H22FN3O6S. The number of methoxy groups -OCH3 is 2. The highest BCUT2D eigenvalue weighted by atomic mass is 32.2. The van der Waals surface area contributed by atoms with Crippen LogP contribution in [0.1, 0.15) is 23.7 Å². The topological polar surface area (TPSA) is 111 Å². The van der Waals surface area contributed by atoms with Crippen molar-refractivity contribution in [1.82, 2.24) is 9.97 Å². The average molecular weight is 475 g/mol. The van der Waals surface area contributed by atoms with E-state index in [0.29, 0.717) is 23.5 Å². The number of benzene rings is 2. The van der Waals surface area contributed by atoms with Gasteiger partial charge in [-0.2, -0.15) is 0 Å². The molecule has 3 aromatic rings. The first-order valence-corrected chi connectivity index (χ1v) is 11.4. The van der Waals surface area contributed by atoms with Gasteiger partial charge in [-0.05, 0) is 18.2 Å². The summed E-state index contributed by atoms with van der Waals surface area (Å²) in [6, 6.07) is 8.44. The molecular weight excluding hydrogens is 453 g/mol. The summed E-state index contributed by atoms with van der Waals surface area (Å²) in [4.78, 5) is 7.30. The van der Waals surface area contributed by atoms with Gasteiger partial charge in [0, 0.05) is 41.9 Å². The molecule has 0 fully saturated rings. The van der Waals surface area contributed by atoms with Crippen molar-refractivity contribution < 1.29 is 32.1 Å². The molecule has 33 heavy (non-hydrogen) atoms. The number of nitrogens with zero attached hydrogens (tertiary/aromatic N) is 3. The number of aliphatic hydroxyl groups is 1. The maximum absolute atomic E-state index is 15.1. The monoisotopic (exact) mass is 475 g/mol. The van der Waals surface area contributed by atoms with Gasteiger partial charge in [0.15, 0.2) is 0 Å². The number of halogens is 1. The van der Waals surface area contributed by atoms with E-state index in [1.807, 2.05) is 0 Å². The minimum Gasteiger partial charge on any atom is -0.497 e. The van der Waals surface area contributed by atoms with E-state index in [4.69, 9.17) is 14.2 Å². The summed E-state index contributed by atoms with van der Waals surface area (Å²) in [7, 11) is -1.50. The standard InChI is InChI=1S/C22H22FN3O6S/c1-30-15-4-3-14(19(9-15)31-2)12-26(22-5-7-24-13-25-22)33(28,29)21-11-20-16(10-17(21)23)18(27)6-8-32-20/h3-5,7,9-11,13,18,27H,6,8,12H2,1-2H3/t18-/m1/s1. The number of anilines is 1. The lowest BCUT2D eigenvalue weighted by atomic mass is 10.0. The van der Waals surface area contributed by atoms with Gasteiger partial charge < -0.3 is 19.3 Å². The second kappa shape index (κ2) is 9.20. The number of aliphatic hydroxyl groups excluding tert-OH is 1. The molecule has 0 bridgehead atoms. The van der Waals surface area contributed by atoms with Crippen LogP contribution in [0.2, 0.25) is 0 Å². The van der Waals surface area contributed by atoms with E-state index in [2.05, 4.69) is 9.97 Å². The molecule has 1 aromatic heterocycles. The van der Waals surface area contributed by atoms with Gasteiger partial charge in [0.2, 0.25) is 0 Å². The predicted octanol–water partition coefficient (Wildman–Crippen LogP) is 2.84. The van der Waals surface area contributed by atoms with E-state index < -0.39 is 26.8 Å². The van der Waals surface area contributed by atoms with Crippen LogP contribution in [0.5, 0.6) is 17.2 Å². The fourth-order valence-corrected chi connectivity index (χ4v) is 5.01. The van der Waals surface area contributed by atoms with Crippen LogP contribution in [-0.2, 0) is 16.6 Å². The molecule has 2 aromatic carbocycles. The second-order valence-electron chi connectivity index (χ2n) is 7.23. The van der Waals surface area contributed by atoms with Gasteiger partial charge in [0.1, 0.15) is 40.1 Å². The largest absolute Gasteiger partial charge is 0.497 e. The van der Waals surface area contributed by atoms with Crippen molar-refractivity contribution in [3.63, 3.8) is 0 Å². The lowest BCUT2D eigenvalue weighted by Gasteiger charge is -2.26. The number of hydrogen-bond donors (Lipinski definition) is 1. The van der Waals surface area contributed by atoms with Gasteiger partial charge in [0.25, 0.3) is 10.0 Å². The third-order valence-electron chi connectivity index (χ3n) is 5.27. The number of ether oxygens (including phenoxy) is 3. The predicted molar refractivity (Wildman–Crippen MR) is 116 cm³/mol. The van der Waals surface area contributed by atoms with Crippen LogP contribution < -0.4 is 18.5 Å². The van der Waals surface area contributed by atoms with Crippen molar-refractivity contribution in [3.05, 3.63) is 65.9 Å². The summed E-state index contributed by atoms with van der Waals surface area (Å²) in [5.74, 6) is 0.0860. The Morgan fingerprint density at radius 1 is 1.21 bits per heavy atom. The highest BCUT2D eigenvalue weighted by molar-refractivity contribution is 7.92. The Bertz CT molecular complexity index is 1260. The van der Waals surface area contributed by atoms with E-state index in [1.165, 1.54) is 32.8 Å². The SMILES string of the molecule is COc1ccc(CN(c2ccncn2)S(=O)(=O)c2cc3c(cc2F)[C@H](O)CCO3)c(OC)c1. The molecule has 11 heteroatoms. The minimum atomic E-state index is -4.45. The third kappa shape index (κ3) is 4.41. The highest BCUT2D eigenvalue weighted by Gasteiger charge is 2.33. The minimum absolute atomic E-state index is 0.0425. The molecule has 0 saturated heterocycles. The molecule has 0 saturated carbocycles. The second-order valence-corrected chi connectivity index (χ2v) is 9.06. The Morgan fingerprint density at radius 2 is 2.03 bits per heavy atom. The molecule has 0 spiro atoms. The first kappa shape index (κ1) is 22.7. The Hall–Kier alpha value is -3.44. The molecule has 1 atom stereocenters. The van der Waals surface area contributed by atoms with E-state index in [9.17, 15) is 13.5 Å². The van der Waals surface area contributed by atoms with Crippen LogP contribution in [0.15, 0.2) is 53.8 Å². The van der Waals surface area contributed by atoms with Crippen LogP contribution in [-0.4, -0.2) is 44.3 Å². The van der Waals surface area contributed by atoms with Gasteiger partial charge in [-0.3, -0.25) is 0 Å². The molecule has 4 rings (SSSR count). The smallest absolute Gasteiger partial charge is 0.268 e. The van der Waals surface area contributed by atoms with Crippen LogP contribution >= 0.6 is 0 Å². The lowest BCUT2D eigenvalue weighted by Crippen LogP contribution is -2.32. The Balaban J connectivity index is 1.82. The van der Waals surface area contributed by atoms with Crippen molar-refractivity contribution in [3.8, 4) is 17.2 Å². The molecule has 0 unspecified atom stereocenters. The summed E-state index contributed by atoms with van der Waals surface area (Å²) in [6.45, 7) is -0.00944. The molecule has 2 heterocycles. The third-order valence-corrected chi connectivity index (χ3v) is 7.04. The quantitative estimate of drug-likeness (QED) is 0.555. The zero-order valence-electron chi connectivity index (χ0n) is 17.9. The molecule has 9 nitrogen and oxygen atoms in total.